The third-order valence-corrected chi connectivity index (χ3v) is 9.04. The molecule has 6 rings (SSSR count). The number of ether oxygens (including phenoxy) is 1. The van der Waals surface area contributed by atoms with E-state index in [0.717, 1.165) is 5.56 Å². The zero-order valence-electron chi connectivity index (χ0n) is 25.7. The van der Waals surface area contributed by atoms with Crippen LogP contribution in [0, 0.1) is 23.6 Å². The van der Waals surface area contributed by atoms with E-state index in [1.54, 1.807) is 29.3 Å². The quantitative estimate of drug-likeness (QED) is 0.289. The molecule has 2 aromatic carbocycles. The van der Waals surface area contributed by atoms with Crippen LogP contribution in [0.1, 0.15) is 49.3 Å². The lowest BCUT2D eigenvalue weighted by Crippen LogP contribution is -2.52. The first-order valence-corrected chi connectivity index (χ1v) is 15.6. The number of amides is 1. The van der Waals surface area contributed by atoms with Crippen molar-refractivity contribution >= 4 is 11.6 Å². The molecule has 47 heavy (non-hydrogen) atoms. The van der Waals surface area contributed by atoms with Gasteiger partial charge in [-0.3, -0.25) is 14.2 Å². The van der Waals surface area contributed by atoms with E-state index >= 15 is 4.39 Å². The van der Waals surface area contributed by atoms with E-state index in [-0.39, 0.29) is 74.5 Å². The van der Waals surface area contributed by atoms with Crippen LogP contribution in [0.5, 0.6) is 11.6 Å². The van der Waals surface area contributed by atoms with Gasteiger partial charge < -0.3 is 20.5 Å². The number of halogens is 2. The van der Waals surface area contributed by atoms with Crippen LogP contribution < -0.4 is 16.0 Å². The van der Waals surface area contributed by atoms with E-state index in [1.165, 1.54) is 35.2 Å². The molecule has 0 unspecified atom stereocenters. The minimum absolute atomic E-state index is 0.0721. The summed E-state index contributed by atoms with van der Waals surface area (Å²) < 4.78 is 36.2. The molecule has 3 atom stereocenters. The number of benzene rings is 2. The molecule has 242 valence electrons. The SMILES string of the molecule is Nc1c(Oc2ccc(F)cc2)ncn(CC2(O)CCN(C(=O)[C@@H]3CC[C@@](F)(C#Cc4ccccn4)C[C@H]3c3ccccc3)CC2)c1=O. The Labute approximate surface area is 271 Å². The van der Waals surface area contributed by atoms with Crippen LogP contribution in [0.4, 0.5) is 14.5 Å². The summed E-state index contributed by atoms with van der Waals surface area (Å²) in [5.41, 5.74) is 3.52. The molecule has 1 saturated heterocycles. The number of carbonyl (C=O) groups excluding carboxylic acids is 1. The Morgan fingerprint density at radius 3 is 2.45 bits per heavy atom. The molecule has 1 amide bonds. The Morgan fingerprint density at radius 2 is 1.74 bits per heavy atom. The number of pyridine rings is 1. The molecular weight excluding hydrogens is 604 g/mol. The second-order valence-corrected chi connectivity index (χ2v) is 12.3. The third kappa shape index (κ3) is 7.34. The van der Waals surface area contributed by atoms with Crippen LogP contribution in [0.3, 0.4) is 0 Å². The van der Waals surface area contributed by atoms with E-state index in [2.05, 4.69) is 21.8 Å². The molecule has 1 aliphatic heterocycles. The lowest BCUT2D eigenvalue weighted by Gasteiger charge is -2.43. The van der Waals surface area contributed by atoms with Crippen molar-refractivity contribution in [3.63, 3.8) is 0 Å². The fourth-order valence-corrected chi connectivity index (χ4v) is 6.40. The molecule has 2 fully saturated rings. The van der Waals surface area contributed by atoms with Crippen molar-refractivity contribution < 1.29 is 23.4 Å². The highest BCUT2D eigenvalue weighted by Gasteiger charge is 2.46. The summed E-state index contributed by atoms with van der Waals surface area (Å²) in [5.74, 6) is 4.50. The van der Waals surface area contributed by atoms with Gasteiger partial charge in [0, 0.05) is 31.6 Å². The second-order valence-electron chi connectivity index (χ2n) is 12.3. The van der Waals surface area contributed by atoms with Crippen molar-refractivity contribution in [1.29, 1.82) is 0 Å². The van der Waals surface area contributed by atoms with Gasteiger partial charge in [-0.15, -0.1) is 0 Å². The molecule has 0 spiro atoms. The summed E-state index contributed by atoms with van der Waals surface area (Å²) in [6.07, 6.45) is 3.86. The number of piperidine rings is 1. The van der Waals surface area contributed by atoms with Gasteiger partial charge in [-0.25, -0.2) is 18.7 Å². The summed E-state index contributed by atoms with van der Waals surface area (Å²) in [5, 5.41) is 11.4. The van der Waals surface area contributed by atoms with Crippen molar-refractivity contribution in [2.75, 3.05) is 18.8 Å². The normalized spacial score (nSPS) is 22.1. The minimum Gasteiger partial charge on any atom is -0.437 e. The lowest BCUT2D eigenvalue weighted by atomic mass is 9.69. The summed E-state index contributed by atoms with van der Waals surface area (Å²) in [7, 11) is 0. The van der Waals surface area contributed by atoms with Gasteiger partial charge >= 0.3 is 0 Å². The Bertz CT molecular complexity index is 1830. The highest BCUT2D eigenvalue weighted by molar-refractivity contribution is 5.80. The summed E-state index contributed by atoms with van der Waals surface area (Å²) >= 11 is 0. The van der Waals surface area contributed by atoms with Crippen LogP contribution in [-0.4, -0.2) is 54.8 Å². The van der Waals surface area contributed by atoms with Gasteiger partial charge in [0.15, 0.2) is 11.4 Å². The van der Waals surface area contributed by atoms with Crippen molar-refractivity contribution in [3.8, 4) is 23.5 Å². The first-order chi connectivity index (χ1) is 22.6. The number of likely N-dealkylation sites (tertiary alicyclic amines) is 1. The van der Waals surface area contributed by atoms with E-state index in [0.29, 0.717) is 12.1 Å². The number of nitrogens with two attached hydrogens (primary N) is 1. The number of nitrogen functional groups attached to an aromatic ring is 1. The van der Waals surface area contributed by atoms with Crippen LogP contribution in [0.25, 0.3) is 0 Å². The summed E-state index contributed by atoms with van der Waals surface area (Å²) in [6.45, 7) is 0.477. The Hall–Kier alpha value is -5.08. The maximum Gasteiger partial charge on any atom is 0.280 e. The highest BCUT2D eigenvalue weighted by Crippen LogP contribution is 2.45. The predicted octanol–water partition coefficient (Wildman–Crippen LogP) is 4.85. The number of hydrogen-bond donors (Lipinski definition) is 2. The smallest absolute Gasteiger partial charge is 0.280 e. The summed E-state index contributed by atoms with van der Waals surface area (Å²) in [4.78, 5) is 37.0. The molecule has 2 aliphatic rings. The zero-order valence-corrected chi connectivity index (χ0v) is 25.7. The van der Waals surface area contributed by atoms with Crippen molar-refractivity contribution in [1.82, 2.24) is 19.4 Å². The number of alkyl halides is 1. The lowest BCUT2D eigenvalue weighted by molar-refractivity contribution is -0.142. The Balaban J connectivity index is 1.12. The van der Waals surface area contributed by atoms with E-state index < -0.39 is 28.6 Å². The van der Waals surface area contributed by atoms with Gasteiger partial charge in [0.1, 0.15) is 23.6 Å². The number of nitrogens with zero attached hydrogens (tertiary/aromatic N) is 4. The van der Waals surface area contributed by atoms with Crippen molar-refractivity contribution in [3.05, 3.63) is 113 Å². The average molecular weight is 640 g/mol. The van der Waals surface area contributed by atoms with E-state index in [9.17, 15) is 19.1 Å². The number of carbonyl (C=O) groups is 1. The molecule has 3 heterocycles. The number of rotatable bonds is 6. The fraction of sp³-hybridized carbons (Fsp3) is 0.333. The Morgan fingerprint density at radius 1 is 1.02 bits per heavy atom. The maximum atomic E-state index is 16.2. The number of aliphatic hydroxyl groups is 1. The first kappa shape index (κ1) is 31.9. The molecule has 4 aromatic rings. The molecule has 1 aliphatic carbocycles. The molecule has 11 heteroatoms. The standard InChI is InChI=1S/C36H35F2N5O4/c37-26-9-11-28(12-10-26)47-32-31(39)34(45)43(24-41-32)23-36(46)17-20-42(21-18-36)33(44)29-14-16-35(38,15-13-27-8-4-5-19-40-27)22-30(29)25-6-2-1-3-7-25/h1-12,19,24,29-30,46H,14,16-18,20-23,39H2/t29-,30+,35+/m1/s1. The van der Waals surface area contributed by atoms with E-state index in [4.69, 9.17) is 10.5 Å². The van der Waals surface area contributed by atoms with Crippen LogP contribution >= 0.6 is 0 Å². The molecule has 2 aromatic heterocycles. The fourth-order valence-electron chi connectivity index (χ4n) is 6.40. The second kappa shape index (κ2) is 13.3. The van der Waals surface area contributed by atoms with Gasteiger partial charge in [0.25, 0.3) is 5.56 Å². The van der Waals surface area contributed by atoms with E-state index in [1.807, 2.05) is 30.3 Å². The maximum absolute atomic E-state index is 16.2. The molecule has 9 nitrogen and oxygen atoms in total. The molecule has 3 N–H and O–H groups in total. The van der Waals surface area contributed by atoms with Gasteiger partial charge in [0.05, 0.1) is 12.1 Å². The topological polar surface area (TPSA) is 124 Å². The largest absolute Gasteiger partial charge is 0.437 e. The zero-order chi connectivity index (χ0) is 33.0. The van der Waals surface area contributed by atoms with Crippen molar-refractivity contribution in [2.24, 2.45) is 5.92 Å². The van der Waals surface area contributed by atoms with Crippen LogP contribution in [0.15, 0.2) is 90.1 Å². The number of aromatic nitrogens is 3. The predicted molar refractivity (Wildman–Crippen MR) is 172 cm³/mol. The van der Waals surface area contributed by atoms with Gasteiger partial charge in [-0.2, -0.15) is 0 Å². The first-order valence-electron chi connectivity index (χ1n) is 15.6. The molecule has 1 saturated carbocycles. The summed E-state index contributed by atoms with van der Waals surface area (Å²) in [6, 6.07) is 20.0. The molecule has 0 bridgehead atoms. The van der Waals surface area contributed by atoms with Gasteiger partial charge in [-0.1, -0.05) is 42.3 Å². The Kier molecular flexibility index (Phi) is 9.05. The highest BCUT2D eigenvalue weighted by atomic mass is 19.1. The average Bonchev–Trinajstić information content (AvgIpc) is 3.09. The number of anilines is 1. The van der Waals surface area contributed by atoms with Gasteiger partial charge in [0.2, 0.25) is 11.8 Å². The van der Waals surface area contributed by atoms with Crippen molar-refractivity contribution in [2.45, 2.75) is 55.8 Å². The van der Waals surface area contributed by atoms with Gasteiger partial charge in [-0.05, 0) is 79.5 Å². The van der Waals surface area contributed by atoms with Crippen LogP contribution in [-0.2, 0) is 11.3 Å². The monoisotopic (exact) mass is 639 g/mol. The number of hydrogen-bond acceptors (Lipinski definition) is 7. The molecule has 0 radical (unpaired) electrons. The van der Waals surface area contributed by atoms with Crippen LogP contribution in [0.2, 0.25) is 0 Å². The molecular formula is C36H35F2N5O4. The minimum atomic E-state index is -1.76. The third-order valence-electron chi connectivity index (χ3n) is 9.04.